The van der Waals surface area contributed by atoms with Crippen molar-refractivity contribution < 1.29 is 4.79 Å². The summed E-state index contributed by atoms with van der Waals surface area (Å²) in [4.78, 5) is 29.1. The number of nitrogens with zero attached hydrogens (tertiary/aromatic N) is 4. The summed E-state index contributed by atoms with van der Waals surface area (Å²) in [5, 5.41) is 6.14. The van der Waals surface area contributed by atoms with Gasteiger partial charge in [-0.2, -0.15) is 0 Å². The van der Waals surface area contributed by atoms with Crippen LogP contribution in [0.5, 0.6) is 0 Å². The Kier molecular flexibility index (Phi) is 5.04. The maximum Gasteiger partial charge on any atom is 0.239 e. The van der Waals surface area contributed by atoms with Crippen LogP contribution in [0.1, 0.15) is 13.8 Å². The van der Waals surface area contributed by atoms with Crippen LogP contribution in [0.25, 0.3) is 11.2 Å². The van der Waals surface area contributed by atoms with Gasteiger partial charge in [0.1, 0.15) is 11.8 Å². The molecule has 114 valence electrons. The van der Waals surface area contributed by atoms with Crippen molar-refractivity contribution in [1.82, 2.24) is 30.6 Å². The van der Waals surface area contributed by atoms with E-state index in [-0.39, 0.29) is 18.5 Å². The summed E-state index contributed by atoms with van der Waals surface area (Å²) in [6.45, 7) is 5.78. The second-order valence-corrected chi connectivity index (χ2v) is 4.92. The van der Waals surface area contributed by atoms with Crippen molar-refractivity contribution in [2.75, 3.05) is 31.6 Å². The number of amides is 1. The molecule has 8 heteroatoms. The van der Waals surface area contributed by atoms with Crippen molar-refractivity contribution in [3.8, 4) is 0 Å². The van der Waals surface area contributed by atoms with E-state index in [1.165, 1.54) is 6.33 Å². The fourth-order valence-electron chi connectivity index (χ4n) is 2.08. The van der Waals surface area contributed by atoms with Crippen molar-refractivity contribution in [2.24, 2.45) is 0 Å². The molecule has 8 nitrogen and oxygen atoms in total. The second kappa shape index (κ2) is 6.98. The van der Waals surface area contributed by atoms with Crippen molar-refractivity contribution in [3.63, 3.8) is 0 Å². The number of H-pyrrole nitrogens is 1. The number of fused-ring (bicyclic) bond motifs is 1. The Morgan fingerprint density at radius 1 is 1.43 bits per heavy atom. The van der Waals surface area contributed by atoms with Gasteiger partial charge in [0.15, 0.2) is 11.5 Å². The smallest absolute Gasteiger partial charge is 0.239 e. The van der Waals surface area contributed by atoms with Gasteiger partial charge >= 0.3 is 0 Å². The summed E-state index contributed by atoms with van der Waals surface area (Å²) in [5.74, 6) is 0.612. The molecule has 0 aliphatic rings. The van der Waals surface area contributed by atoms with Gasteiger partial charge in [0, 0.05) is 19.6 Å². The lowest BCUT2D eigenvalue weighted by Gasteiger charge is -2.19. The molecule has 2 aromatic rings. The number of nitrogens with one attached hydrogen (secondary N) is 3. The first-order valence-electron chi connectivity index (χ1n) is 6.97. The first-order valence-corrected chi connectivity index (χ1v) is 6.97. The number of carbonyl (C=O) groups excluding carboxylic acids is 1. The second-order valence-electron chi connectivity index (χ2n) is 4.92. The van der Waals surface area contributed by atoms with Crippen molar-refractivity contribution in [3.05, 3.63) is 12.7 Å². The Hall–Kier alpha value is -2.22. The number of hydrogen-bond donors (Lipinski definition) is 3. The van der Waals surface area contributed by atoms with Gasteiger partial charge in [-0.1, -0.05) is 6.92 Å². The summed E-state index contributed by atoms with van der Waals surface area (Å²) < 4.78 is 0. The van der Waals surface area contributed by atoms with Gasteiger partial charge in [-0.3, -0.25) is 4.79 Å². The van der Waals surface area contributed by atoms with Gasteiger partial charge in [-0.05, 0) is 13.5 Å². The third-order valence-corrected chi connectivity index (χ3v) is 3.10. The predicted molar refractivity (Wildman–Crippen MR) is 81.1 cm³/mol. The van der Waals surface area contributed by atoms with Crippen LogP contribution in [-0.4, -0.2) is 58.6 Å². The average molecular weight is 291 g/mol. The van der Waals surface area contributed by atoms with E-state index < -0.39 is 0 Å². The Bertz CT molecular complexity index is 597. The molecule has 0 saturated carbocycles. The topological polar surface area (TPSA) is 98.8 Å². The number of likely N-dealkylation sites (N-methyl/N-ethyl adjacent to an activating group) is 2. The molecule has 1 amide bonds. The predicted octanol–water partition coefficient (Wildman–Crippen LogP) is -0.0967. The van der Waals surface area contributed by atoms with Crippen LogP contribution in [0.15, 0.2) is 12.7 Å². The van der Waals surface area contributed by atoms with Crippen LogP contribution < -0.4 is 15.5 Å². The number of aromatic amines is 1. The quantitative estimate of drug-likeness (QED) is 0.659. The van der Waals surface area contributed by atoms with Gasteiger partial charge in [0.2, 0.25) is 5.91 Å². The molecule has 0 unspecified atom stereocenters. The van der Waals surface area contributed by atoms with E-state index in [9.17, 15) is 4.79 Å². The van der Waals surface area contributed by atoms with Gasteiger partial charge in [0.25, 0.3) is 0 Å². The Labute approximate surface area is 123 Å². The highest BCUT2D eigenvalue weighted by atomic mass is 16.2. The number of anilines is 1. The van der Waals surface area contributed by atoms with Crippen molar-refractivity contribution in [2.45, 2.75) is 19.9 Å². The number of aromatic nitrogens is 4. The lowest BCUT2D eigenvalue weighted by Crippen LogP contribution is -2.42. The third kappa shape index (κ3) is 3.88. The molecule has 0 saturated heterocycles. The molecule has 0 aliphatic heterocycles. The van der Waals surface area contributed by atoms with Crippen LogP contribution in [0.2, 0.25) is 0 Å². The van der Waals surface area contributed by atoms with E-state index in [0.29, 0.717) is 18.0 Å². The number of rotatable bonds is 7. The maximum atomic E-state index is 12.0. The zero-order valence-electron chi connectivity index (χ0n) is 12.6. The first kappa shape index (κ1) is 15.2. The molecule has 0 aromatic carbocycles. The lowest BCUT2D eigenvalue weighted by molar-refractivity contribution is -0.119. The molecule has 2 heterocycles. The number of carbonyl (C=O) groups is 1. The molecule has 0 radical (unpaired) electrons. The Morgan fingerprint density at radius 3 is 3.00 bits per heavy atom. The van der Waals surface area contributed by atoms with Crippen LogP contribution in [0.3, 0.4) is 0 Å². The standard InChI is InChI=1S/C13H21N7O/c1-4-14-9(2)5-15-10(21)6-20(3)13-11-12(17-7-16-11)18-8-19-13/h7-9,14H,4-6H2,1-3H3,(H,15,21)(H,16,17,18,19)/t9-/m1/s1. The highest BCUT2D eigenvalue weighted by Gasteiger charge is 2.13. The van der Waals surface area contributed by atoms with Crippen molar-refractivity contribution in [1.29, 1.82) is 0 Å². The van der Waals surface area contributed by atoms with E-state index in [0.717, 1.165) is 12.1 Å². The SMILES string of the molecule is CCN[C@H](C)CNC(=O)CN(C)c1ncnc2nc[nH]c12. The van der Waals surface area contributed by atoms with E-state index in [1.54, 1.807) is 11.2 Å². The minimum atomic E-state index is -0.0477. The van der Waals surface area contributed by atoms with Crippen LogP contribution >= 0.6 is 0 Å². The number of hydrogen-bond acceptors (Lipinski definition) is 6. The van der Waals surface area contributed by atoms with Gasteiger partial charge < -0.3 is 20.5 Å². The summed E-state index contributed by atoms with van der Waals surface area (Å²) in [6.07, 6.45) is 3.01. The summed E-state index contributed by atoms with van der Waals surface area (Å²) in [7, 11) is 1.82. The fourth-order valence-corrected chi connectivity index (χ4v) is 2.08. The molecule has 2 aromatic heterocycles. The normalized spacial score (nSPS) is 12.3. The molecule has 2 rings (SSSR count). The maximum absolute atomic E-state index is 12.0. The fraction of sp³-hybridized carbons (Fsp3) is 0.538. The molecular weight excluding hydrogens is 270 g/mol. The molecule has 1 atom stereocenters. The van der Waals surface area contributed by atoms with E-state index in [4.69, 9.17) is 0 Å². The average Bonchev–Trinajstić information content (AvgIpc) is 2.93. The largest absolute Gasteiger partial charge is 0.353 e. The molecule has 0 fully saturated rings. The van der Waals surface area contributed by atoms with Gasteiger partial charge in [-0.15, -0.1) is 0 Å². The minimum absolute atomic E-state index is 0.0477. The molecule has 0 bridgehead atoms. The lowest BCUT2D eigenvalue weighted by atomic mass is 10.3. The van der Waals surface area contributed by atoms with Crippen LogP contribution in [-0.2, 0) is 4.79 Å². The summed E-state index contributed by atoms with van der Waals surface area (Å²) in [6, 6.07) is 0.252. The first-order chi connectivity index (χ1) is 10.1. The summed E-state index contributed by atoms with van der Waals surface area (Å²) in [5.41, 5.74) is 1.32. The minimum Gasteiger partial charge on any atom is -0.353 e. The van der Waals surface area contributed by atoms with Crippen LogP contribution in [0.4, 0.5) is 5.82 Å². The van der Waals surface area contributed by atoms with E-state index >= 15 is 0 Å². The Balaban J connectivity index is 1.93. The van der Waals surface area contributed by atoms with E-state index in [2.05, 4.69) is 30.6 Å². The molecule has 21 heavy (non-hydrogen) atoms. The van der Waals surface area contributed by atoms with Crippen LogP contribution in [0, 0.1) is 0 Å². The molecule has 0 spiro atoms. The van der Waals surface area contributed by atoms with Gasteiger partial charge in [0.05, 0.1) is 12.9 Å². The number of imidazole rings is 1. The highest BCUT2D eigenvalue weighted by molar-refractivity contribution is 5.86. The monoisotopic (exact) mass is 291 g/mol. The Morgan fingerprint density at radius 2 is 2.24 bits per heavy atom. The highest BCUT2D eigenvalue weighted by Crippen LogP contribution is 2.17. The third-order valence-electron chi connectivity index (χ3n) is 3.10. The zero-order valence-corrected chi connectivity index (χ0v) is 12.6. The zero-order chi connectivity index (χ0) is 15.2. The molecular formula is C13H21N7O. The van der Waals surface area contributed by atoms with Crippen molar-refractivity contribution >= 4 is 22.9 Å². The molecule has 3 N–H and O–H groups in total. The van der Waals surface area contributed by atoms with E-state index in [1.807, 2.05) is 20.9 Å². The summed E-state index contributed by atoms with van der Waals surface area (Å²) >= 11 is 0. The van der Waals surface area contributed by atoms with Gasteiger partial charge in [-0.25, -0.2) is 15.0 Å². The molecule has 0 aliphatic carbocycles.